The summed E-state index contributed by atoms with van der Waals surface area (Å²) in [6.07, 6.45) is 0.903. The van der Waals surface area contributed by atoms with Gasteiger partial charge in [-0.05, 0) is 12.3 Å². The van der Waals surface area contributed by atoms with E-state index in [2.05, 4.69) is 13.8 Å². The fourth-order valence-electron chi connectivity index (χ4n) is 1.42. The Labute approximate surface area is 93.8 Å². The number of hydrogen-bond donors (Lipinski definition) is 0. The number of ether oxygens (including phenoxy) is 1. The Balaban J connectivity index is 4.26. The molecular formula is C12H25NO2. The van der Waals surface area contributed by atoms with E-state index < -0.39 is 0 Å². The maximum Gasteiger partial charge on any atom is 0.225 e. The Morgan fingerprint density at radius 2 is 1.93 bits per heavy atom. The molecule has 0 aliphatic rings. The van der Waals surface area contributed by atoms with E-state index in [1.165, 1.54) is 0 Å². The number of methoxy groups -OCH3 is 1. The van der Waals surface area contributed by atoms with Gasteiger partial charge in [-0.15, -0.1) is 0 Å². The highest BCUT2D eigenvalue weighted by Crippen LogP contribution is 2.08. The predicted octanol–water partition coefficient (Wildman–Crippen LogP) is 2.16. The fraction of sp³-hybridized carbons (Fsp3) is 0.917. The molecule has 0 aromatic carbocycles. The monoisotopic (exact) mass is 215 g/mol. The van der Waals surface area contributed by atoms with E-state index in [0.29, 0.717) is 19.1 Å². The lowest BCUT2D eigenvalue weighted by atomic mass is 10.1. The number of carbonyl (C=O) groups excluding carboxylic acids is 1. The largest absolute Gasteiger partial charge is 0.383 e. The molecular weight excluding hydrogens is 190 g/mol. The van der Waals surface area contributed by atoms with Crippen LogP contribution in [0.4, 0.5) is 0 Å². The summed E-state index contributed by atoms with van der Waals surface area (Å²) in [5.41, 5.74) is 0. The number of amides is 1. The minimum Gasteiger partial charge on any atom is -0.383 e. The van der Waals surface area contributed by atoms with Gasteiger partial charge in [0, 0.05) is 26.1 Å². The molecule has 15 heavy (non-hydrogen) atoms. The van der Waals surface area contributed by atoms with Crippen LogP contribution in [-0.2, 0) is 9.53 Å². The van der Waals surface area contributed by atoms with Gasteiger partial charge in [0.2, 0.25) is 5.91 Å². The van der Waals surface area contributed by atoms with Gasteiger partial charge in [-0.3, -0.25) is 4.79 Å². The summed E-state index contributed by atoms with van der Waals surface area (Å²) in [6, 6.07) is 0. The number of rotatable bonds is 7. The van der Waals surface area contributed by atoms with Gasteiger partial charge < -0.3 is 9.64 Å². The molecule has 3 nitrogen and oxygen atoms in total. The topological polar surface area (TPSA) is 29.5 Å². The number of carbonyl (C=O) groups is 1. The summed E-state index contributed by atoms with van der Waals surface area (Å²) in [5, 5.41) is 0. The number of hydrogen-bond acceptors (Lipinski definition) is 2. The molecule has 0 spiro atoms. The van der Waals surface area contributed by atoms with E-state index >= 15 is 0 Å². The summed E-state index contributed by atoms with van der Waals surface area (Å²) in [4.78, 5) is 13.9. The Morgan fingerprint density at radius 3 is 2.33 bits per heavy atom. The van der Waals surface area contributed by atoms with Crippen molar-refractivity contribution in [3.63, 3.8) is 0 Å². The molecule has 3 heteroatoms. The normalized spacial score (nSPS) is 12.9. The zero-order chi connectivity index (χ0) is 11.8. The van der Waals surface area contributed by atoms with Crippen LogP contribution < -0.4 is 0 Å². The lowest BCUT2D eigenvalue weighted by Gasteiger charge is -2.26. The van der Waals surface area contributed by atoms with Crippen molar-refractivity contribution in [1.29, 1.82) is 0 Å². The molecule has 1 unspecified atom stereocenters. The predicted molar refractivity (Wildman–Crippen MR) is 62.7 cm³/mol. The Morgan fingerprint density at radius 1 is 1.33 bits per heavy atom. The van der Waals surface area contributed by atoms with Crippen LogP contribution in [0.1, 0.15) is 34.1 Å². The van der Waals surface area contributed by atoms with E-state index in [9.17, 15) is 4.79 Å². The highest BCUT2D eigenvalue weighted by Gasteiger charge is 2.19. The maximum atomic E-state index is 12.0. The maximum absolute atomic E-state index is 12.0. The Hall–Kier alpha value is -0.570. The second kappa shape index (κ2) is 7.69. The molecule has 1 amide bonds. The molecule has 0 aromatic rings. The van der Waals surface area contributed by atoms with Gasteiger partial charge in [-0.2, -0.15) is 0 Å². The average Bonchev–Trinajstić information content (AvgIpc) is 2.21. The molecule has 0 bridgehead atoms. The van der Waals surface area contributed by atoms with E-state index in [-0.39, 0.29) is 11.8 Å². The van der Waals surface area contributed by atoms with Crippen molar-refractivity contribution in [1.82, 2.24) is 4.90 Å². The molecule has 0 radical (unpaired) electrons. The molecule has 0 aliphatic heterocycles. The summed E-state index contributed by atoms with van der Waals surface area (Å²) >= 11 is 0. The zero-order valence-electron chi connectivity index (χ0n) is 10.7. The second-order valence-electron chi connectivity index (χ2n) is 4.48. The van der Waals surface area contributed by atoms with Gasteiger partial charge in [0.05, 0.1) is 6.61 Å². The van der Waals surface area contributed by atoms with Crippen LogP contribution in [0.25, 0.3) is 0 Å². The van der Waals surface area contributed by atoms with E-state index in [4.69, 9.17) is 4.74 Å². The highest BCUT2D eigenvalue weighted by atomic mass is 16.5. The third-order valence-corrected chi connectivity index (χ3v) is 2.50. The Kier molecular flexibility index (Phi) is 7.39. The van der Waals surface area contributed by atoms with E-state index in [1.54, 1.807) is 7.11 Å². The smallest absolute Gasteiger partial charge is 0.225 e. The summed E-state index contributed by atoms with van der Waals surface area (Å²) in [5.74, 6) is 0.888. The van der Waals surface area contributed by atoms with Crippen molar-refractivity contribution in [2.75, 3.05) is 26.8 Å². The average molecular weight is 215 g/mol. The first-order valence-electron chi connectivity index (χ1n) is 5.80. The van der Waals surface area contributed by atoms with Crippen LogP contribution in [-0.4, -0.2) is 37.6 Å². The van der Waals surface area contributed by atoms with Crippen LogP contribution in [0.15, 0.2) is 0 Å². The van der Waals surface area contributed by atoms with Gasteiger partial charge in [-0.25, -0.2) is 0 Å². The third-order valence-electron chi connectivity index (χ3n) is 2.50. The second-order valence-corrected chi connectivity index (χ2v) is 4.48. The lowest BCUT2D eigenvalue weighted by Crippen LogP contribution is -2.39. The molecule has 0 aliphatic carbocycles. The Bertz CT molecular complexity index is 180. The number of nitrogens with zero attached hydrogens (tertiary/aromatic N) is 1. The molecule has 0 saturated carbocycles. The molecule has 0 aromatic heterocycles. The fourth-order valence-corrected chi connectivity index (χ4v) is 1.42. The molecule has 0 heterocycles. The molecule has 0 fully saturated rings. The van der Waals surface area contributed by atoms with Gasteiger partial charge in [0.15, 0.2) is 0 Å². The van der Waals surface area contributed by atoms with Crippen molar-refractivity contribution in [3.05, 3.63) is 0 Å². The third kappa shape index (κ3) is 5.78. The van der Waals surface area contributed by atoms with Crippen LogP contribution in [0.3, 0.4) is 0 Å². The standard InChI is InChI=1S/C12H25NO2/c1-6-11(4)12(14)13(7-8-15-5)9-10(2)3/h10-11H,6-9H2,1-5H3. The van der Waals surface area contributed by atoms with Crippen LogP contribution in [0, 0.1) is 11.8 Å². The first kappa shape index (κ1) is 14.4. The first-order chi connectivity index (χ1) is 7.02. The minimum absolute atomic E-state index is 0.126. The quantitative estimate of drug-likeness (QED) is 0.651. The van der Waals surface area contributed by atoms with Crippen molar-refractivity contribution in [2.24, 2.45) is 11.8 Å². The SMILES string of the molecule is CCC(C)C(=O)N(CCOC)CC(C)C. The highest BCUT2D eigenvalue weighted by molar-refractivity contribution is 5.78. The van der Waals surface area contributed by atoms with Gasteiger partial charge in [0.1, 0.15) is 0 Å². The molecule has 0 saturated heterocycles. The van der Waals surface area contributed by atoms with Gasteiger partial charge in [0.25, 0.3) is 0 Å². The molecule has 0 N–H and O–H groups in total. The molecule has 1 atom stereocenters. The van der Waals surface area contributed by atoms with Crippen LogP contribution in [0.5, 0.6) is 0 Å². The van der Waals surface area contributed by atoms with E-state index in [1.807, 2.05) is 18.7 Å². The zero-order valence-corrected chi connectivity index (χ0v) is 10.7. The van der Waals surface area contributed by atoms with Crippen LogP contribution in [0.2, 0.25) is 0 Å². The summed E-state index contributed by atoms with van der Waals surface area (Å²) < 4.78 is 5.02. The summed E-state index contributed by atoms with van der Waals surface area (Å²) in [6.45, 7) is 10.4. The van der Waals surface area contributed by atoms with Crippen molar-refractivity contribution < 1.29 is 9.53 Å². The lowest BCUT2D eigenvalue weighted by molar-refractivity contribution is -0.136. The van der Waals surface area contributed by atoms with Crippen LogP contribution >= 0.6 is 0 Å². The van der Waals surface area contributed by atoms with Gasteiger partial charge in [-0.1, -0.05) is 27.7 Å². The van der Waals surface area contributed by atoms with E-state index in [0.717, 1.165) is 13.0 Å². The summed E-state index contributed by atoms with van der Waals surface area (Å²) in [7, 11) is 1.67. The molecule has 90 valence electrons. The van der Waals surface area contributed by atoms with Crippen molar-refractivity contribution in [3.8, 4) is 0 Å². The molecule has 0 rings (SSSR count). The minimum atomic E-state index is 0.126. The van der Waals surface area contributed by atoms with Crippen molar-refractivity contribution >= 4 is 5.91 Å². The van der Waals surface area contributed by atoms with Crippen molar-refractivity contribution in [2.45, 2.75) is 34.1 Å². The first-order valence-corrected chi connectivity index (χ1v) is 5.80. The van der Waals surface area contributed by atoms with Gasteiger partial charge >= 0.3 is 0 Å².